The van der Waals surface area contributed by atoms with Gasteiger partial charge in [-0.25, -0.2) is 0 Å². The minimum atomic E-state index is 0. The van der Waals surface area contributed by atoms with Crippen molar-refractivity contribution in [2.45, 2.75) is 26.7 Å². The van der Waals surface area contributed by atoms with Gasteiger partial charge in [0, 0.05) is 19.6 Å². The maximum absolute atomic E-state index is 5.74. The number of hydrogen-bond donors (Lipinski definition) is 2. The zero-order valence-electron chi connectivity index (χ0n) is 16.9. The second-order valence-electron chi connectivity index (χ2n) is 6.78. The summed E-state index contributed by atoms with van der Waals surface area (Å²) in [4.78, 5) is 7.26. The second kappa shape index (κ2) is 13.9. The summed E-state index contributed by atoms with van der Waals surface area (Å²) in [5.41, 5.74) is 0. The van der Waals surface area contributed by atoms with Gasteiger partial charge >= 0.3 is 0 Å². The van der Waals surface area contributed by atoms with Crippen molar-refractivity contribution in [1.82, 2.24) is 15.5 Å². The highest BCUT2D eigenvalue weighted by Gasteiger charge is 2.14. The molecule has 0 radical (unpaired) electrons. The van der Waals surface area contributed by atoms with Crippen LogP contribution < -0.4 is 20.1 Å². The molecule has 1 atom stereocenters. The molecule has 0 saturated carbocycles. The average molecular weight is 490 g/mol. The Hall–Kier alpha value is -1.22. The fraction of sp³-hybridized carbons (Fsp3) is 0.650. The van der Waals surface area contributed by atoms with Crippen LogP contribution in [-0.4, -0.2) is 63.8 Å². The third kappa shape index (κ3) is 9.51. The number of rotatable bonds is 10. The number of guanidine groups is 1. The van der Waals surface area contributed by atoms with Crippen LogP contribution in [0, 0.1) is 5.92 Å². The quantitative estimate of drug-likeness (QED) is 0.229. The fourth-order valence-corrected chi connectivity index (χ4v) is 3.06. The van der Waals surface area contributed by atoms with E-state index in [-0.39, 0.29) is 24.0 Å². The Morgan fingerprint density at radius 3 is 2.44 bits per heavy atom. The van der Waals surface area contributed by atoms with E-state index in [4.69, 9.17) is 14.5 Å². The van der Waals surface area contributed by atoms with E-state index < -0.39 is 0 Å². The lowest BCUT2D eigenvalue weighted by atomic mass is 10.2. The highest BCUT2D eigenvalue weighted by atomic mass is 127. The Morgan fingerprint density at radius 2 is 1.81 bits per heavy atom. The van der Waals surface area contributed by atoms with Crippen molar-refractivity contribution in [3.05, 3.63) is 24.3 Å². The van der Waals surface area contributed by atoms with Crippen LogP contribution in [0.5, 0.6) is 11.5 Å². The first-order chi connectivity index (χ1) is 12.7. The number of hydrogen-bond acceptors (Lipinski definition) is 4. The van der Waals surface area contributed by atoms with Crippen molar-refractivity contribution < 1.29 is 9.47 Å². The van der Waals surface area contributed by atoms with Crippen LogP contribution in [0.25, 0.3) is 0 Å². The lowest BCUT2D eigenvalue weighted by Gasteiger charge is -2.19. The van der Waals surface area contributed by atoms with Crippen LogP contribution >= 0.6 is 24.0 Å². The Bertz CT molecular complexity index is 533. The summed E-state index contributed by atoms with van der Waals surface area (Å²) < 4.78 is 10.9. The molecule has 0 aliphatic carbocycles. The zero-order chi connectivity index (χ0) is 18.6. The smallest absolute Gasteiger partial charge is 0.191 e. The zero-order valence-corrected chi connectivity index (χ0v) is 19.2. The lowest BCUT2D eigenvalue weighted by Crippen LogP contribution is -2.40. The summed E-state index contributed by atoms with van der Waals surface area (Å²) >= 11 is 0. The van der Waals surface area contributed by atoms with Crippen molar-refractivity contribution in [1.29, 1.82) is 0 Å². The largest absolute Gasteiger partial charge is 0.497 e. The maximum Gasteiger partial charge on any atom is 0.191 e. The fourth-order valence-electron chi connectivity index (χ4n) is 3.06. The third-order valence-corrected chi connectivity index (χ3v) is 4.40. The molecule has 1 aliphatic rings. The van der Waals surface area contributed by atoms with Gasteiger partial charge < -0.3 is 25.0 Å². The molecule has 1 aliphatic heterocycles. The minimum absolute atomic E-state index is 0. The van der Waals surface area contributed by atoms with E-state index in [9.17, 15) is 0 Å². The number of methoxy groups -OCH3 is 1. The van der Waals surface area contributed by atoms with Crippen molar-refractivity contribution in [3.8, 4) is 11.5 Å². The molecule has 2 N–H and O–H groups in total. The molecule has 2 rings (SSSR count). The highest BCUT2D eigenvalue weighted by Crippen LogP contribution is 2.16. The first-order valence-electron chi connectivity index (χ1n) is 9.72. The van der Waals surface area contributed by atoms with E-state index in [0.717, 1.165) is 37.1 Å². The molecular formula is C20H35IN4O2. The van der Waals surface area contributed by atoms with Crippen molar-refractivity contribution >= 4 is 29.9 Å². The van der Waals surface area contributed by atoms with Gasteiger partial charge in [-0.15, -0.1) is 24.0 Å². The first kappa shape index (κ1) is 23.8. The average Bonchev–Trinajstić information content (AvgIpc) is 3.16. The molecule has 1 fully saturated rings. The Balaban J connectivity index is 0.00000364. The highest BCUT2D eigenvalue weighted by molar-refractivity contribution is 14.0. The summed E-state index contributed by atoms with van der Waals surface area (Å²) in [6.45, 7) is 11.0. The van der Waals surface area contributed by atoms with Gasteiger partial charge in [-0.1, -0.05) is 6.92 Å². The summed E-state index contributed by atoms with van der Waals surface area (Å²) in [6.07, 6.45) is 2.68. The van der Waals surface area contributed by atoms with E-state index in [1.165, 1.54) is 25.9 Å². The minimum Gasteiger partial charge on any atom is -0.497 e. The van der Waals surface area contributed by atoms with Crippen molar-refractivity contribution in [2.75, 3.05) is 53.0 Å². The Labute approximate surface area is 181 Å². The predicted octanol–water partition coefficient (Wildman–Crippen LogP) is 2.98. The van der Waals surface area contributed by atoms with Gasteiger partial charge in [0.2, 0.25) is 0 Å². The molecule has 0 spiro atoms. The molecule has 1 heterocycles. The number of ether oxygens (including phenoxy) is 2. The molecule has 1 aromatic carbocycles. The third-order valence-electron chi connectivity index (χ3n) is 4.40. The summed E-state index contributed by atoms with van der Waals surface area (Å²) in [5, 5.41) is 6.64. The monoisotopic (exact) mass is 490 g/mol. The molecule has 0 bridgehead atoms. The van der Waals surface area contributed by atoms with Gasteiger partial charge in [0.25, 0.3) is 0 Å². The van der Waals surface area contributed by atoms with Gasteiger partial charge in [0.05, 0.1) is 13.7 Å². The van der Waals surface area contributed by atoms with Crippen LogP contribution in [0.3, 0.4) is 0 Å². The molecule has 1 saturated heterocycles. The van der Waals surface area contributed by atoms with Crippen LogP contribution in [0.1, 0.15) is 26.7 Å². The van der Waals surface area contributed by atoms with E-state index >= 15 is 0 Å². The van der Waals surface area contributed by atoms with Crippen LogP contribution in [-0.2, 0) is 0 Å². The van der Waals surface area contributed by atoms with Crippen molar-refractivity contribution in [3.63, 3.8) is 0 Å². The molecule has 154 valence electrons. The molecule has 1 unspecified atom stereocenters. The standard InChI is InChI=1S/C20H34N4O2.HI/c1-4-21-20(23-15-17(2)16-24-12-5-6-13-24)22-11-14-26-19-9-7-18(25-3)8-10-19;/h7-10,17H,4-6,11-16H2,1-3H3,(H2,21,22,23);1H. The topological polar surface area (TPSA) is 58.1 Å². The van der Waals surface area contributed by atoms with Crippen molar-refractivity contribution in [2.24, 2.45) is 10.9 Å². The summed E-state index contributed by atoms with van der Waals surface area (Å²) in [7, 11) is 1.66. The van der Waals surface area contributed by atoms with E-state index in [1.54, 1.807) is 7.11 Å². The van der Waals surface area contributed by atoms with Crippen LogP contribution in [0.2, 0.25) is 0 Å². The molecule has 6 nitrogen and oxygen atoms in total. The molecule has 27 heavy (non-hydrogen) atoms. The van der Waals surface area contributed by atoms with Gasteiger partial charge in [0.1, 0.15) is 18.1 Å². The Morgan fingerprint density at radius 1 is 1.15 bits per heavy atom. The first-order valence-corrected chi connectivity index (χ1v) is 9.72. The van der Waals surface area contributed by atoms with Gasteiger partial charge in [-0.05, 0) is 63.0 Å². The van der Waals surface area contributed by atoms with Gasteiger partial charge in [0.15, 0.2) is 5.96 Å². The molecule has 0 amide bonds. The second-order valence-corrected chi connectivity index (χ2v) is 6.78. The van der Waals surface area contributed by atoms with Crippen LogP contribution in [0.4, 0.5) is 0 Å². The Kier molecular flexibility index (Phi) is 12.2. The number of likely N-dealkylation sites (tertiary alicyclic amines) is 1. The number of nitrogens with one attached hydrogen (secondary N) is 2. The summed E-state index contributed by atoms with van der Waals surface area (Å²) in [6, 6.07) is 7.63. The number of nitrogens with zero attached hydrogens (tertiary/aromatic N) is 2. The number of aliphatic imine (C=N–C) groups is 1. The maximum atomic E-state index is 5.74. The normalized spacial score (nSPS) is 15.7. The van der Waals surface area contributed by atoms with E-state index in [0.29, 0.717) is 19.1 Å². The van der Waals surface area contributed by atoms with E-state index in [1.807, 2.05) is 24.3 Å². The number of benzene rings is 1. The van der Waals surface area contributed by atoms with Crippen LogP contribution in [0.15, 0.2) is 29.3 Å². The number of halogens is 1. The predicted molar refractivity (Wildman–Crippen MR) is 123 cm³/mol. The molecule has 0 aromatic heterocycles. The molecule has 7 heteroatoms. The molecule has 1 aromatic rings. The SMILES string of the molecule is CCNC(=NCC(C)CN1CCCC1)NCCOc1ccc(OC)cc1.I. The lowest BCUT2D eigenvalue weighted by molar-refractivity contribution is 0.291. The van der Waals surface area contributed by atoms with Gasteiger partial charge in [-0.3, -0.25) is 4.99 Å². The van der Waals surface area contributed by atoms with E-state index in [2.05, 4.69) is 29.4 Å². The summed E-state index contributed by atoms with van der Waals surface area (Å²) in [5.74, 6) is 3.10. The van der Waals surface area contributed by atoms with Gasteiger partial charge in [-0.2, -0.15) is 0 Å². The molecular weight excluding hydrogens is 455 g/mol.